The lowest BCUT2D eigenvalue weighted by Crippen LogP contribution is -1.99. The van der Waals surface area contributed by atoms with Crippen LogP contribution >= 0.6 is 0 Å². The Kier molecular flexibility index (Phi) is 3.31. The molecule has 0 aliphatic carbocycles. The number of aldehydes is 1. The summed E-state index contributed by atoms with van der Waals surface area (Å²) in [6.07, 6.45) is 0.359. The first kappa shape index (κ1) is 11.3. The number of nitriles is 2. The molecular weight excluding hydrogens is 210 g/mol. The van der Waals surface area contributed by atoms with Crippen LogP contribution in [0, 0.1) is 32.8 Å². The summed E-state index contributed by atoms with van der Waals surface area (Å²) in [4.78, 5) is 20.6. The predicted molar refractivity (Wildman–Crippen MR) is 52.5 cm³/mol. The van der Waals surface area contributed by atoms with Gasteiger partial charge in [0.05, 0.1) is 17.4 Å². The third-order valence-corrected chi connectivity index (χ3v) is 1.97. The standard InChI is InChI=1S/C10H5N3O3/c11-2-1-7-4-10(13(15)16)8(5-12)3-9(7)6-14/h3-4,6H,1H2. The van der Waals surface area contributed by atoms with Crippen molar-refractivity contribution in [1.29, 1.82) is 10.5 Å². The number of hydrogen-bond donors (Lipinski definition) is 0. The van der Waals surface area contributed by atoms with Gasteiger partial charge in [-0.05, 0) is 11.6 Å². The van der Waals surface area contributed by atoms with Crippen LogP contribution in [0.3, 0.4) is 0 Å². The highest BCUT2D eigenvalue weighted by Gasteiger charge is 2.17. The number of carbonyl (C=O) groups is 1. The molecule has 0 aliphatic heterocycles. The van der Waals surface area contributed by atoms with Gasteiger partial charge >= 0.3 is 0 Å². The van der Waals surface area contributed by atoms with Gasteiger partial charge in [-0.2, -0.15) is 10.5 Å². The molecule has 0 amide bonds. The Hall–Kier alpha value is -2.73. The van der Waals surface area contributed by atoms with Gasteiger partial charge in [0, 0.05) is 11.6 Å². The van der Waals surface area contributed by atoms with Gasteiger partial charge in [0.1, 0.15) is 17.9 Å². The molecule has 6 nitrogen and oxygen atoms in total. The lowest BCUT2D eigenvalue weighted by atomic mass is 10.0. The molecule has 0 fully saturated rings. The molecule has 0 aromatic heterocycles. The summed E-state index contributed by atoms with van der Waals surface area (Å²) >= 11 is 0. The zero-order valence-corrected chi connectivity index (χ0v) is 8.01. The number of nitro groups is 1. The van der Waals surface area contributed by atoms with Gasteiger partial charge in [-0.25, -0.2) is 0 Å². The third-order valence-electron chi connectivity index (χ3n) is 1.97. The fraction of sp³-hybridized carbons (Fsp3) is 0.100. The average Bonchev–Trinajstić information content (AvgIpc) is 2.28. The summed E-state index contributed by atoms with van der Waals surface area (Å²) in [5.74, 6) is 0. The van der Waals surface area contributed by atoms with Crippen molar-refractivity contribution >= 4 is 12.0 Å². The van der Waals surface area contributed by atoms with E-state index in [0.29, 0.717) is 6.29 Å². The molecule has 1 aromatic carbocycles. The Labute approximate surface area is 90.5 Å². The Morgan fingerprint density at radius 2 is 2.12 bits per heavy atom. The SMILES string of the molecule is N#CCc1cc([N+](=O)[O-])c(C#N)cc1C=O. The van der Waals surface area contributed by atoms with Crippen LogP contribution in [-0.2, 0) is 6.42 Å². The van der Waals surface area contributed by atoms with Crippen molar-refractivity contribution in [2.45, 2.75) is 6.42 Å². The number of rotatable bonds is 3. The molecule has 0 saturated heterocycles. The maximum atomic E-state index is 10.7. The fourth-order valence-electron chi connectivity index (χ4n) is 1.24. The highest BCUT2D eigenvalue weighted by atomic mass is 16.6. The van der Waals surface area contributed by atoms with E-state index in [4.69, 9.17) is 10.5 Å². The van der Waals surface area contributed by atoms with E-state index in [-0.39, 0.29) is 23.1 Å². The van der Waals surface area contributed by atoms with E-state index in [9.17, 15) is 14.9 Å². The van der Waals surface area contributed by atoms with Gasteiger partial charge in [-0.15, -0.1) is 0 Å². The minimum Gasteiger partial charge on any atom is -0.298 e. The minimum atomic E-state index is -0.714. The molecule has 6 heteroatoms. The molecule has 0 N–H and O–H groups in total. The van der Waals surface area contributed by atoms with Gasteiger partial charge in [0.2, 0.25) is 0 Å². The minimum absolute atomic E-state index is 0.110. The highest BCUT2D eigenvalue weighted by Crippen LogP contribution is 2.22. The molecule has 1 rings (SSSR count). The number of nitro benzene ring substituents is 1. The van der Waals surface area contributed by atoms with Crippen LogP contribution in [0.25, 0.3) is 0 Å². The van der Waals surface area contributed by atoms with Crippen molar-refractivity contribution in [2.24, 2.45) is 0 Å². The number of nitrogens with zero attached hydrogens (tertiary/aromatic N) is 3. The fourth-order valence-corrected chi connectivity index (χ4v) is 1.24. The van der Waals surface area contributed by atoms with E-state index in [2.05, 4.69) is 0 Å². The van der Waals surface area contributed by atoms with Crippen LogP contribution in [-0.4, -0.2) is 11.2 Å². The van der Waals surface area contributed by atoms with Crippen LogP contribution in [0.15, 0.2) is 12.1 Å². The van der Waals surface area contributed by atoms with Crippen LogP contribution < -0.4 is 0 Å². The summed E-state index contributed by atoms with van der Waals surface area (Å²) < 4.78 is 0. The molecule has 78 valence electrons. The van der Waals surface area contributed by atoms with Gasteiger partial charge in [0.15, 0.2) is 0 Å². The molecule has 0 saturated carbocycles. The van der Waals surface area contributed by atoms with Gasteiger partial charge < -0.3 is 0 Å². The van der Waals surface area contributed by atoms with Gasteiger partial charge in [0.25, 0.3) is 5.69 Å². The smallest absolute Gasteiger partial charge is 0.287 e. The maximum Gasteiger partial charge on any atom is 0.287 e. The maximum absolute atomic E-state index is 10.7. The van der Waals surface area contributed by atoms with E-state index in [1.165, 1.54) is 0 Å². The second-order valence-electron chi connectivity index (χ2n) is 2.89. The highest BCUT2D eigenvalue weighted by molar-refractivity contribution is 5.80. The van der Waals surface area contributed by atoms with E-state index in [1.54, 1.807) is 12.1 Å². The Bertz CT molecular complexity index is 537. The molecule has 0 heterocycles. The molecule has 16 heavy (non-hydrogen) atoms. The number of hydrogen-bond acceptors (Lipinski definition) is 5. The van der Waals surface area contributed by atoms with E-state index < -0.39 is 10.6 Å². The van der Waals surface area contributed by atoms with Gasteiger partial charge in [-0.3, -0.25) is 14.9 Å². The van der Waals surface area contributed by atoms with Crippen molar-refractivity contribution in [3.05, 3.63) is 38.9 Å². The first-order valence-corrected chi connectivity index (χ1v) is 4.17. The summed E-state index contributed by atoms with van der Waals surface area (Å²) in [6.45, 7) is 0. The lowest BCUT2D eigenvalue weighted by Gasteiger charge is -2.01. The summed E-state index contributed by atoms with van der Waals surface area (Å²) in [6, 6.07) is 5.65. The zero-order chi connectivity index (χ0) is 12.1. The van der Waals surface area contributed by atoms with Gasteiger partial charge in [-0.1, -0.05) is 0 Å². The molecule has 0 unspecified atom stereocenters. The molecule has 0 spiro atoms. The van der Waals surface area contributed by atoms with Crippen LogP contribution in [0.4, 0.5) is 5.69 Å². The molecule has 0 aliphatic rings. The Morgan fingerprint density at radius 1 is 1.44 bits per heavy atom. The van der Waals surface area contributed by atoms with Crippen molar-refractivity contribution < 1.29 is 9.72 Å². The van der Waals surface area contributed by atoms with Crippen LogP contribution in [0.1, 0.15) is 21.5 Å². The van der Waals surface area contributed by atoms with Crippen LogP contribution in [0.2, 0.25) is 0 Å². The third kappa shape index (κ3) is 2.02. The average molecular weight is 215 g/mol. The first-order chi connectivity index (χ1) is 7.63. The molecule has 0 atom stereocenters. The normalized spacial score (nSPS) is 8.88. The Balaban J connectivity index is 3.49. The predicted octanol–water partition coefficient (Wildman–Crippen LogP) is 1.35. The zero-order valence-electron chi connectivity index (χ0n) is 8.01. The largest absolute Gasteiger partial charge is 0.298 e. The van der Waals surface area contributed by atoms with E-state index in [0.717, 1.165) is 12.1 Å². The van der Waals surface area contributed by atoms with E-state index in [1.807, 2.05) is 0 Å². The molecule has 0 radical (unpaired) electrons. The second-order valence-corrected chi connectivity index (χ2v) is 2.89. The van der Waals surface area contributed by atoms with E-state index >= 15 is 0 Å². The monoisotopic (exact) mass is 215 g/mol. The summed E-state index contributed by atoms with van der Waals surface area (Å²) in [5.41, 5.74) is -0.195. The topological polar surface area (TPSA) is 108 Å². The molecular formula is C10H5N3O3. The number of carbonyl (C=O) groups excluding carboxylic acids is 1. The number of benzene rings is 1. The van der Waals surface area contributed by atoms with Crippen molar-refractivity contribution in [2.75, 3.05) is 0 Å². The van der Waals surface area contributed by atoms with Crippen molar-refractivity contribution in [3.8, 4) is 12.1 Å². The summed E-state index contributed by atoms with van der Waals surface area (Å²) in [7, 11) is 0. The Morgan fingerprint density at radius 3 is 2.56 bits per heavy atom. The molecule has 1 aromatic rings. The van der Waals surface area contributed by atoms with Crippen molar-refractivity contribution in [3.63, 3.8) is 0 Å². The lowest BCUT2D eigenvalue weighted by molar-refractivity contribution is -0.385. The quantitative estimate of drug-likeness (QED) is 0.429. The molecule has 0 bridgehead atoms. The first-order valence-electron chi connectivity index (χ1n) is 4.17. The van der Waals surface area contributed by atoms with Crippen molar-refractivity contribution in [1.82, 2.24) is 0 Å². The summed E-state index contributed by atoms with van der Waals surface area (Å²) in [5, 5.41) is 27.8. The second kappa shape index (κ2) is 4.67. The van der Waals surface area contributed by atoms with Crippen LogP contribution in [0.5, 0.6) is 0 Å².